The van der Waals surface area contributed by atoms with Gasteiger partial charge in [0.15, 0.2) is 0 Å². The molecule has 0 radical (unpaired) electrons. The third-order valence-corrected chi connectivity index (χ3v) is 8.97. The Kier molecular flexibility index (Phi) is 6.83. The molecule has 192 valence electrons. The molecule has 37 heavy (non-hydrogen) atoms. The average molecular weight is 521 g/mol. The van der Waals surface area contributed by atoms with Gasteiger partial charge in [-0.2, -0.15) is 4.31 Å². The summed E-state index contributed by atoms with van der Waals surface area (Å²) in [5.41, 5.74) is 0.306. The molecule has 1 aliphatic carbocycles. The molecule has 0 bridgehead atoms. The second-order valence-corrected chi connectivity index (χ2v) is 11.4. The molecule has 8 nitrogen and oxygen atoms in total. The maximum absolute atomic E-state index is 14.1. The summed E-state index contributed by atoms with van der Waals surface area (Å²) in [5.74, 6) is -1.23. The minimum Gasteiger partial charge on any atom is -0.427 e. The summed E-state index contributed by atoms with van der Waals surface area (Å²) in [6.45, 7) is 1.28. The van der Waals surface area contributed by atoms with E-state index in [1.54, 1.807) is 18.2 Å². The normalized spacial score (nSPS) is 19.1. The average Bonchev–Trinajstić information content (AvgIpc) is 3.17. The zero-order valence-corrected chi connectivity index (χ0v) is 21.3. The van der Waals surface area contributed by atoms with Crippen LogP contribution in [0.5, 0.6) is 5.75 Å². The van der Waals surface area contributed by atoms with Gasteiger partial charge in [-0.15, -0.1) is 0 Å². The van der Waals surface area contributed by atoms with E-state index in [4.69, 9.17) is 4.74 Å². The van der Waals surface area contributed by atoms with Crippen molar-refractivity contribution >= 4 is 44.3 Å². The summed E-state index contributed by atoms with van der Waals surface area (Å²) in [7, 11) is -4.08. The van der Waals surface area contributed by atoms with Crippen molar-refractivity contribution in [3.8, 4) is 5.75 Å². The predicted molar refractivity (Wildman–Crippen MR) is 138 cm³/mol. The molecule has 2 fully saturated rings. The molecule has 0 aromatic heterocycles. The maximum atomic E-state index is 14.1. The summed E-state index contributed by atoms with van der Waals surface area (Å²) in [5, 5.41) is 1.71. The number of benzene rings is 3. The van der Waals surface area contributed by atoms with Crippen molar-refractivity contribution in [2.24, 2.45) is 0 Å². The summed E-state index contributed by atoms with van der Waals surface area (Å²) in [6, 6.07) is 17.0. The minimum absolute atomic E-state index is 0.112. The molecule has 0 spiro atoms. The number of anilines is 1. The second kappa shape index (κ2) is 10.1. The number of fused-ring (bicyclic) bond motifs is 1. The fourth-order valence-electron chi connectivity index (χ4n) is 5.32. The van der Waals surface area contributed by atoms with E-state index < -0.39 is 33.8 Å². The van der Waals surface area contributed by atoms with E-state index in [2.05, 4.69) is 0 Å². The highest BCUT2D eigenvalue weighted by Crippen LogP contribution is 2.36. The van der Waals surface area contributed by atoms with E-state index >= 15 is 0 Å². The van der Waals surface area contributed by atoms with Crippen LogP contribution in [-0.2, 0) is 24.4 Å². The van der Waals surface area contributed by atoms with Crippen LogP contribution >= 0.6 is 0 Å². The lowest BCUT2D eigenvalue weighted by Crippen LogP contribution is -2.51. The van der Waals surface area contributed by atoms with Gasteiger partial charge < -0.3 is 4.74 Å². The smallest absolute Gasteiger partial charge is 0.308 e. The highest BCUT2D eigenvalue weighted by atomic mass is 32.2. The highest BCUT2D eigenvalue weighted by Gasteiger charge is 2.49. The Morgan fingerprint density at radius 3 is 2.27 bits per heavy atom. The Morgan fingerprint density at radius 1 is 0.919 bits per heavy atom. The zero-order chi connectivity index (χ0) is 26.2. The number of hydrogen-bond acceptors (Lipinski definition) is 6. The number of sulfonamides is 1. The molecular weight excluding hydrogens is 492 g/mol. The molecule has 3 aromatic rings. The van der Waals surface area contributed by atoms with Crippen molar-refractivity contribution in [2.45, 2.75) is 62.4 Å². The maximum Gasteiger partial charge on any atom is 0.308 e. The van der Waals surface area contributed by atoms with Crippen LogP contribution in [0.15, 0.2) is 71.6 Å². The van der Waals surface area contributed by atoms with Crippen LogP contribution in [0, 0.1) is 0 Å². The Bertz CT molecular complexity index is 1460. The van der Waals surface area contributed by atoms with Crippen LogP contribution < -0.4 is 9.64 Å². The first-order valence-electron chi connectivity index (χ1n) is 12.4. The van der Waals surface area contributed by atoms with Crippen LogP contribution in [0.25, 0.3) is 10.8 Å². The molecule has 1 atom stereocenters. The van der Waals surface area contributed by atoms with Crippen molar-refractivity contribution in [1.82, 2.24) is 4.31 Å². The zero-order valence-electron chi connectivity index (χ0n) is 20.5. The monoisotopic (exact) mass is 520 g/mol. The number of amides is 2. The van der Waals surface area contributed by atoms with Gasteiger partial charge in [0.05, 0.1) is 17.0 Å². The predicted octanol–water partition coefficient (Wildman–Crippen LogP) is 4.42. The van der Waals surface area contributed by atoms with Crippen molar-refractivity contribution in [1.29, 1.82) is 0 Å². The van der Waals surface area contributed by atoms with Crippen molar-refractivity contribution in [2.75, 3.05) is 4.90 Å². The number of carbonyl (C=O) groups is 3. The minimum atomic E-state index is -4.08. The van der Waals surface area contributed by atoms with Crippen LogP contribution in [0.4, 0.5) is 5.69 Å². The molecule has 1 unspecified atom stereocenters. The summed E-state index contributed by atoms with van der Waals surface area (Å²) >= 11 is 0. The first-order valence-corrected chi connectivity index (χ1v) is 13.9. The van der Waals surface area contributed by atoms with Crippen LogP contribution in [0.3, 0.4) is 0 Å². The van der Waals surface area contributed by atoms with Gasteiger partial charge in [0.1, 0.15) is 11.8 Å². The molecule has 2 amide bonds. The molecule has 1 saturated heterocycles. The van der Waals surface area contributed by atoms with Gasteiger partial charge in [-0.1, -0.05) is 49.6 Å². The standard InChI is InChI=1S/C28H28N2O6S/c1-19(31)36-24-14-12-22(13-15-24)29-27(32)18-26(28(29)33)30(23-9-3-2-4-10-23)37(34,35)25-16-11-20-7-5-6-8-21(20)17-25/h5-8,11-17,23,26H,2-4,9-10,18H2,1H3. The van der Waals surface area contributed by atoms with Crippen LogP contribution in [0.2, 0.25) is 0 Å². The SMILES string of the molecule is CC(=O)Oc1ccc(N2C(=O)CC(N(C3CCCCC3)S(=O)(=O)c3ccc4ccccc4c3)C2=O)cc1. The second-order valence-electron chi connectivity index (χ2n) is 9.51. The summed E-state index contributed by atoms with van der Waals surface area (Å²) in [6.07, 6.45) is 3.80. The Morgan fingerprint density at radius 2 is 1.59 bits per heavy atom. The third kappa shape index (κ3) is 4.89. The molecule has 5 rings (SSSR count). The fraction of sp³-hybridized carbons (Fsp3) is 0.321. The van der Waals surface area contributed by atoms with Crippen molar-refractivity contribution < 1.29 is 27.5 Å². The number of ether oxygens (including phenoxy) is 1. The molecule has 9 heteroatoms. The van der Waals surface area contributed by atoms with Crippen molar-refractivity contribution in [3.63, 3.8) is 0 Å². The first kappa shape index (κ1) is 25.1. The number of rotatable bonds is 6. The summed E-state index contributed by atoms with van der Waals surface area (Å²) < 4.78 is 34.5. The largest absolute Gasteiger partial charge is 0.427 e. The van der Waals surface area contributed by atoms with E-state index in [0.717, 1.165) is 34.9 Å². The van der Waals surface area contributed by atoms with Gasteiger partial charge in [0.25, 0.3) is 5.91 Å². The van der Waals surface area contributed by atoms with Gasteiger partial charge in [0, 0.05) is 13.0 Å². The first-order chi connectivity index (χ1) is 17.8. The molecule has 2 aliphatic rings. The highest BCUT2D eigenvalue weighted by molar-refractivity contribution is 7.89. The van der Waals surface area contributed by atoms with E-state index in [1.807, 2.05) is 24.3 Å². The van der Waals surface area contributed by atoms with E-state index in [-0.39, 0.29) is 23.1 Å². The topological polar surface area (TPSA) is 101 Å². The molecule has 0 N–H and O–H groups in total. The van der Waals surface area contributed by atoms with Gasteiger partial charge in [-0.05, 0) is 60.0 Å². The molecule has 3 aromatic carbocycles. The molecule has 1 saturated carbocycles. The van der Waals surface area contributed by atoms with Gasteiger partial charge in [-0.3, -0.25) is 14.4 Å². The number of hydrogen-bond donors (Lipinski definition) is 0. The number of carbonyl (C=O) groups excluding carboxylic acids is 3. The fourth-order valence-corrected chi connectivity index (χ4v) is 7.18. The Hall–Kier alpha value is -3.56. The molecule has 1 heterocycles. The lowest BCUT2D eigenvalue weighted by atomic mass is 9.94. The van der Waals surface area contributed by atoms with E-state index in [1.165, 1.54) is 35.5 Å². The lowest BCUT2D eigenvalue weighted by Gasteiger charge is -2.36. The van der Waals surface area contributed by atoms with Gasteiger partial charge in [-0.25, -0.2) is 13.3 Å². The van der Waals surface area contributed by atoms with Gasteiger partial charge in [0.2, 0.25) is 15.9 Å². The van der Waals surface area contributed by atoms with E-state index in [0.29, 0.717) is 18.5 Å². The third-order valence-electron chi connectivity index (χ3n) is 7.02. The van der Waals surface area contributed by atoms with Gasteiger partial charge >= 0.3 is 5.97 Å². The Labute approximate surface area is 215 Å². The molecular formula is C28H28N2O6S. The van der Waals surface area contributed by atoms with Crippen molar-refractivity contribution in [3.05, 3.63) is 66.7 Å². The quantitative estimate of drug-likeness (QED) is 0.271. The number of esters is 1. The number of imide groups is 1. The number of nitrogens with zero attached hydrogens (tertiary/aromatic N) is 2. The Balaban J connectivity index is 1.51. The lowest BCUT2D eigenvalue weighted by molar-refractivity contribution is -0.132. The van der Waals surface area contributed by atoms with Crippen LogP contribution in [-0.4, -0.2) is 42.6 Å². The van der Waals surface area contributed by atoms with Crippen LogP contribution in [0.1, 0.15) is 45.4 Å². The summed E-state index contributed by atoms with van der Waals surface area (Å²) in [4.78, 5) is 39.1. The molecule has 1 aliphatic heterocycles. The van der Waals surface area contributed by atoms with E-state index in [9.17, 15) is 22.8 Å².